The van der Waals surface area contributed by atoms with Gasteiger partial charge in [-0.1, -0.05) is 24.3 Å². The number of hydrogen-bond acceptors (Lipinski definition) is 2. The maximum atomic E-state index is 11.6. The van der Waals surface area contributed by atoms with Crippen LogP contribution in [0.3, 0.4) is 0 Å². The zero-order valence-electron chi connectivity index (χ0n) is 10.2. The Balaban J connectivity index is 2.66. The summed E-state index contributed by atoms with van der Waals surface area (Å²) in [5.41, 5.74) is 1.53. The molecule has 0 saturated heterocycles. The molecule has 0 aliphatic heterocycles. The second-order valence-electron chi connectivity index (χ2n) is 3.93. The van der Waals surface area contributed by atoms with Crippen molar-refractivity contribution in [3.05, 3.63) is 42.5 Å². The van der Waals surface area contributed by atoms with Crippen LogP contribution >= 0.6 is 0 Å². The van der Waals surface area contributed by atoms with Gasteiger partial charge in [0.15, 0.2) is 0 Å². The summed E-state index contributed by atoms with van der Waals surface area (Å²) in [6.07, 6.45) is 3.17. The minimum atomic E-state index is -0.845. The van der Waals surface area contributed by atoms with Crippen molar-refractivity contribution in [2.75, 3.05) is 5.32 Å². The number of aliphatic carboxylic acids is 1. The van der Waals surface area contributed by atoms with Crippen LogP contribution in [0.15, 0.2) is 36.9 Å². The molecule has 0 aromatic heterocycles. The molecule has 1 amide bonds. The number of carbonyl (C=O) groups is 2. The molecular formula is C14H17NO3. The molecule has 1 rings (SSSR count). The average Bonchev–Trinajstić information content (AvgIpc) is 2.35. The lowest BCUT2D eigenvalue weighted by Crippen LogP contribution is -2.12. The van der Waals surface area contributed by atoms with Crippen LogP contribution in [-0.4, -0.2) is 17.0 Å². The van der Waals surface area contributed by atoms with Crippen LogP contribution in [0.1, 0.15) is 24.8 Å². The van der Waals surface area contributed by atoms with Gasteiger partial charge < -0.3 is 10.4 Å². The first kappa shape index (κ1) is 14.0. The summed E-state index contributed by atoms with van der Waals surface area (Å²) in [4.78, 5) is 22.1. The highest BCUT2D eigenvalue weighted by Gasteiger charge is 2.07. The SMILES string of the molecule is C=CCCC(=O)Nc1ccccc1CCC(=O)O. The summed E-state index contributed by atoms with van der Waals surface area (Å²) >= 11 is 0. The summed E-state index contributed by atoms with van der Waals surface area (Å²) in [6.45, 7) is 3.56. The van der Waals surface area contributed by atoms with E-state index in [9.17, 15) is 9.59 Å². The Morgan fingerprint density at radius 3 is 2.67 bits per heavy atom. The first-order valence-corrected chi connectivity index (χ1v) is 5.84. The molecule has 0 bridgehead atoms. The molecule has 1 aromatic carbocycles. The van der Waals surface area contributed by atoms with Gasteiger partial charge >= 0.3 is 5.97 Å². The molecule has 1 aromatic rings. The fourth-order valence-corrected chi connectivity index (χ4v) is 1.55. The largest absolute Gasteiger partial charge is 0.481 e. The standard InChI is InChI=1S/C14H17NO3/c1-2-3-8-13(16)15-12-7-5-4-6-11(12)9-10-14(17)18/h2,4-7H,1,3,8-10H2,(H,15,16)(H,17,18). The van der Waals surface area contributed by atoms with Gasteiger partial charge in [-0.2, -0.15) is 0 Å². The Hall–Kier alpha value is -2.10. The van der Waals surface area contributed by atoms with Gasteiger partial charge in [0.05, 0.1) is 0 Å². The zero-order valence-corrected chi connectivity index (χ0v) is 10.2. The molecule has 0 unspecified atom stereocenters. The van der Waals surface area contributed by atoms with E-state index in [4.69, 9.17) is 5.11 Å². The van der Waals surface area contributed by atoms with Gasteiger partial charge in [0.25, 0.3) is 0 Å². The second-order valence-corrected chi connectivity index (χ2v) is 3.93. The van der Waals surface area contributed by atoms with Crippen molar-refractivity contribution in [2.45, 2.75) is 25.7 Å². The van der Waals surface area contributed by atoms with E-state index >= 15 is 0 Å². The summed E-state index contributed by atoms with van der Waals surface area (Å²) < 4.78 is 0. The van der Waals surface area contributed by atoms with Crippen molar-refractivity contribution in [1.82, 2.24) is 0 Å². The molecule has 0 fully saturated rings. The molecule has 96 valence electrons. The Bertz CT molecular complexity index is 440. The minimum absolute atomic E-state index is 0.0551. The summed E-state index contributed by atoms with van der Waals surface area (Å²) in [5.74, 6) is -0.930. The van der Waals surface area contributed by atoms with Crippen LogP contribution < -0.4 is 5.32 Å². The van der Waals surface area contributed by atoms with Crippen LogP contribution in [0, 0.1) is 0 Å². The number of nitrogens with one attached hydrogen (secondary N) is 1. The molecular weight excluding hydrogens is 230 g/mol. The van der Waals surface area contributed by atoms with Gasteiger partial charge in [-0.05, 0) is 24.5 Å². The van der Waals surface area contributed by atoms with Crippen molar-refractivity contribution in [2.24, 2.45) is 0 Å². The van der Waals surface area contributed by atoms with E-state index in [-0.39, 0.29) is 12.3 Å². The van der Waals surface area contributed by atoms with E-state index in [2.05, 4.69) is 11.9 Å². The van der Waals surface area contributed by atoms with Gasteiger partial charge in [-0.3, -0.25) is 9.59 Å². The van der Waals surface area contributed by atoms with Crippen LogP contribution in [0.25, 0.3) is 0 Å². The van der Waals surface area contributed by atoms with E-state index in [1.54, 1.807) is 12.1 Å². The Labute approximate surface area is 106 Å². The number of benzene rings is 1. The molecule has 2 N–H and O–H groups in total. The van der Waals surface area contributed by atoms with E-state index in [1.165, 1.54) is 0 Å². The highest BCUT2D eigenvalue weighted by atomic mass is 16.4. The smallest absolute Gasteiger partial charge is 0.303 e. The van der Waals surface area contributed by atoms with Gasteiger partial charge in [-0.25, -0.2) is 0 Å². The molecule has 4 heteroatoms. The van der Waals surface area contributed by atoms with Crippen LogP contribution in [0.2, 0.25) is 0 Å². The van der Waals surface area contributed by atoms with Gasteiger partial charge in [0, 0.05) is 18.5 Å². The molecule has 0 heterocycles. The lowest BCUT2D eigenvalue weighted by molar-refractivity contribution is -0.136. The lowest BCUT2D eigenvalue weighted by Gasteiger charge is -2.09. The molecule has 0 aliphatic rings. The number of anilines is 1. The van der Waals surface area contributed by atoms with E-state index in [0.29, 0.717) is 24.9 Å². The topological polar surface area (TPSA) is 66.4 Å². The normalized spacial score (nSPS) is 9.78. The third-order valence-corrected chi connectivity index (χ3v) is 2.48. The lowest BCUT2D eigenvalue weighted by atomic mass is 10.1. The number of carbonyl (C=O) groups excluding carboxylic acids is 1. The molecule has 18 heavy (non-hydrogen) atoms. The third-order valence-electron chi connectivity index (χ3n) is 2.48. The fraction of sp³-hybridized carbons (Fsp3) is 0.286. The number of para-hydroxylation sites is 1. The van der Waals surface area contributed by atoms with Crippen molar-refractivity contribution in [3.8, 4) is 0 Å². The zero-order chi connectivity index (χ0) is 13.4. The highest BCUT2D eigenvalue weighted by molar-refractivity contribution is 5.91. The monoisotopic (exact) mass is 247 g/mol. The number of carboxylic acids is 1. The first-order valence-electron chi connectivity index (χ1n) is 5.84. The van der Waals surface area contributed by atoms with Gasteiger partial charge in [0.2, 0.25) is 5.91 Å². The highest BCUT2D eigenvalue weighted by Crippen LogP contribution is 2.17. The number of carboxylic acid groups (broad SMARTS) is 1. The number of rotatable bonds is 7. The number of allylic oxidation sites excluding steroid dienone is 1. The molecule has 0 radical (unpaired) electrons. The quantitative estimate of drug-likeness (QED) is 0.728. The number of aryl methyl sites for hydroxylation is 1. The summed E-state index contributed by atoms with van der Waals surface area (Å²) in [7, 11) is 0. The molecule has 0 saturated carbocycles. The van der Waals surface area contributed by atoms with Crippen LogP contribution in [0.5, 0.6) is 0 Å². The first-order chi connectivity index (χ1) is 8.63. The average molecular weight is 247 g/mol. The van der Waals surface area contributed by atoms with E-state index in [1.807, 2.05) is 18.2 Å². The van der Waals surface area contributed by atoms with Gasteiger partial charge in [-0.15, -0.1) is 6.58 Å². The van der Waals surface area contributed by atoms with Crippen molar-refractivity contribution < 1.29 is 14.7 Å². The van der Waals surface area contributed by atoms with E-state index in [0.717, 1.165) is 5.56 Å². The number of hydrogen-bond donors (Lipinski definition) is 2. The van der Waals surface area contributed by atoms with Gasteiger partial charge in [0.1, 0.15) is 0 Å². The second kappa shape index (κ2) is 7.27. The van der Waals surface area contributed by atoms with E-state index < -0.39 is 5.97 Å². The minimum Gasteiger partial charge on any atom is -0.481 e. The van der Waals surface area contributed by atoms with Crippen LogP contribution in [-0.2, 0) is 16.0 Å². The Morgan fingerprint density at radius 1 is 1.28 bits per heavy atom. The van der Waals surface area contributed by atoms with Crippen molar-refractivity contribution in [3.63, 3.8) is 0 Å². The summed E-state index contributed by atoms with van der Waals surface area (Å²) in [5, 5.41) is 11.5. The summed E-state index contributed by atoms with van der Waals surface area (Å²) in [6, 6.07) is 7.25. The maximum Gasteiger partial charge on any atom is 0.303 e. The number of amides is 1. The molecule has 4 nitrogen and oxygen atoms in total. The van der Waals surface area contributed by atoms with Crippen molar-refractivity contribution in [1.29, 1.82) is 0 Å². The molecule has 0 aliphatic carbocycles. The predicted molar refractivity (Wildman–Crippen MR) is 70.5 cm³/mol. The maximum absolute atomic E-state index is 11.6. The van der Waals surface area contributed by atoms with Crippen molar-refractivity contribution >= 4 is 17.6 Å². The van der Waals surface area contributed by atoms with Crippen LogP contribution in [0.4, 0.5) is 5.69 Å². The Morgan fingerprint density at radius 2 is 2.00 bits per heavy atom. The fourth-order valence-electron chi connectivity index (χ4n) is 1.55. The molecule has 0 spiro atoms. The Kier molecular flexibility index (Phi) is 5.64. The third kappa shape index (κ3) is 4.82. The molecule has 0 atom stereocenters. The predicted octanol–water partition coefficient (Wildman–Crippen LogP) is 2.61.